The zero-order valence-corrected chi connectivity index (χ0v) is 19.8. The first-order valence-corrected chi connectivity index (χ1v) is 11.8. The molecule has 4 aromatic rings. The van der Waals surface area contributed by atoms with Gasteiger partial charge >= 0.3 is 5.91 Å². The third-order valence-corrected chi connectivity index (χ3v) is 7.05. The number of rotatable bonds is 5. The minimum Gasteiger partial charge on any atom is -0.507 e. The Balaban J connectivity index is 1.72. The van der Waals surface area contributed by atoms with Gasteiger partial charge in [-0.3, -0.25) is 14.5 Å². The summed E-state index contributed by atoms with van der Waals surface area (Å²) < 4.78 is 19.6. The molecule has 1 saturated heterocycles. The predicted octanol–water partition coefficient (Wildman–Crippen LogP) is 5.63. The SMILES string of the molecule is CCc1ccc(C2C(=C(O)c3cccc(OC)c3)C(=O)C(=O)N2c2nc3ccc(F)cc3s2)cc1. The van der Waals surface area contributed by atoms with Gasteiger partial charge < -0.3 is 9.84 Å². The number of halogens is 1. The number of carbonyl (C=O) groups excluding carboxylic acids is 2. The second kappa shape index (κ2) is 8.96. The molecule has 0 bridgehead atoms. The average molecular weight is 489 g/mol. The van der Waals surface area contributed by atoms with Crippen LogP contribution in [-0.2, 0) is 16.0 Å². The molecule has 0 saturated carbocycles. The standard InChI is InChI=1S/C27H21FN2O4S/c1-3-15-7-9-16(10-8-15)23-22(24(31)17-5-4-6-19(13-17)34-2)25(32)26(33)30(23)27-29-20-12-11-18(28)14-21(20)35-27/h4-14,23,31H,3H2,1-2H3. The molecule has 0 spiro atoms. The lowest BCUT2D eigenvalue weighted by atomic mass is 9.94. The lowest BCUT2D eigenvalue weighted by Crippen LogP contribution is -2.29. The number of amides is 1. The molecule has 6 nitrogen and oxygen atoms in total. The van der Waals surface area contributed by atoms with Crippen molar-refractivity contribution in [3.05, 3.63) is 94.8 Å². The molecule has 1 aliphatic heterocycles. The Morgan fingerprint density at radius 2 is 1.89 bits per heavy atom. The van der Waals surface area contributed by atoms with E-state index in [2.05, 4.69) is 4.98 Å². The summed E-state index contributed by atoms with van der Waals surface area (Å²) in [5.41, 5.74) is 2.56. The molecular weight excluding hydrogens is 467 g/mol. The number of aliphatic hydroxyl groups is 1. The van der Waals surface area contributed by atoms with E-state index in [0.717, 1.165) is 23.3 Å². The largest absolute Gasteiger partial charge is 0.507 e. The second-order valence-corrected chi connectivity index (χ2v) is 9.11. The third kappa shape index (κ3) is 3.95. The Hall–Kier alpha value is -4.04. The molecule has 1 amide bonds. The van der Waals surface area contributed by atoms with Crippen LogP contribution in [0.25, 0.3) is 16.0 Å². The summed E-state index contributed by atoms with van der Waals surface area (Å²) >= 11 is 1.11. The van der Waals surface area contributed by atoms with Crippen molar-refractivity contribution >= 4 is 44.1 Å². The van der Waals surface area contributed by atoms with Gasteiger partial charge in [0.25, 0.3) is 5.78 Å². The van der Waals surface area contributed by atoms with Gasteiger partial charge in [-0.15, -0.1) is 0 Å². The summed E-state index contributed by atoms with van der Waals surface area (Å²) in [6.45, 7) is 2.03. The predicted molar refractivity (Wildman–Crippen MR) is 133 cm³/mol. The van der Waals surface area contributed by atoms with E-state index in [4.69, 9.17) is 4.74 Å². The molecule has 1 N–H and O–H groups in total. The van der Waals surface area contributed by atoms with Gasteiger partial charge in [0.05, 0.1) is 28.9 Å². The molecule has 2 heterocycles. The van der Waals surface area contributed by atoms with Gasteiger partial charge in [0.15, 0.2) is 5.13 Å². The molecule has 1 aromatic heterocycles. The number of nitrogens with zero attached hydrogens (tertiary/aromatic N) is 2. The first-order valence-electron chi connectivity index (χ1n) is 11.0. The summed E-state index contributed by atoms with van der Waals surface area (Å²) in [4.78, 5) is 32.4. The number of methoxy groups -OCH3 is 1. The number of aromatic nitrogens is 1. The molecule has 0 aliphatic carbocycles. The van der Waals surface area contributed by atoms with Crippen molar-refractivity contribution in [2.75, 3.05) is 12.0 Å². The van der Waals surface area contributed by atoms with Crippen LogP contribution >= 0.6 is 11.3 Å². The monoisotopic (exact) mass is 488 g/mol. The maximum atomic E-state index is 13.8. The molecule has 176 valence electrons. The van der Waals surface area contributed by atoms with Crippen LogP contribution in [-0.4, -0.2) is 28.9 Å². The molecule has 35 heavy (non-hydrogen) atoms. The summed E-state index contributed by atoms with van der Waals surface area (Å²) in [5.74, 6) is -1.85. The summed E-state index contributed by atoms with van der Waals surface area (Å²) in [7, 11) is 1.50. The zero-order chi connectivity index (χ0) is 24.7. The Morgan fingerprint density at radius 3 is 2.60 bits per heavy atom. The lowest BCUT2D eigenvalue weighted by Gasteiger charge is -2.23. The lowest BCUT2D eigenvalue weighted by molar-refractivity contribution is -0.132. The van der Waals surface area contributed by atoms with Crippen molar-refractivity contribution in [3.8, 4) is 5.75 Å². The number of hydrogen-bond acceptors (Lipinski definition) is 6. The summed E-state index contributed by atoms with van der Waals surface area (Å²) in [6, 6.07) is 17.4. The van der Waals surface area contributed by atoms with Crippen LogP contribution < -0.4 is 9.64 Å². The summed E-state index contributed by atoms with van der Waals surface area (Å²) in [6.07, 6.45) is 0.827. The Kier molecular flexibility index (Phi) is 5.82. The van der Waals surface area contributed by atoms with Gasteiger partial charge in [-0.05, 0) is 47.9 Å². The topological polar surface area (TPSA) is 79.7 Å². The van der Waals surface area contributed by atoms with E-state index >= 15 is 0 Å². The van der Waals surface area contributed by atoms with Crippen molar-refractivity contribution in [3.63, 3.8) is 0 Å². The van der Waals surface area contributed by atoms with Gasteiger partial charge in [-0.2, -0.15) is 0 Å². The van der Waals surface area contributed by atoms with Crippen LogP contribution in [0.4, 0.5) is 9.52 Å². The van der Waals surface area contributed by atoms with Gasteiger partial charge in [-0.25, -0.2) is 9.37 Å². The van der Waals surface area contributed by atoms with E-state index in [1.165, 1.54) is 30.2 Å². The first kappa shape index (κ1) is 22.7. The molecule has 5 rings (SSSR count). The van der Waals surface area contributed by atoms with Crippen LogP contribution in [0.2, 0.25) is 0 Å². The Bertz CT molecular complexity index is 1490. The van der Waals surface area contributed by atoms with Crippen LogP contribution in [0.1, 0.15) is 29.7 Å². The number of aryl methyl sites for hydroxylation is 1. The van der Waals surface area contributed by atoms with Crippen LogP contribution in [0.15, 0.2) is 72.3 Å². The molecule has 3 aromatic carbocycles. The van der Waals surface area contributed by atoms with E-state index in [0.29, 0.717) is 27.1 Å². The number of fused-ring (bicyclic) bond motifs is 1. The van der Waals surface area contributed by atoms with E-state index in [1.54, 1.807) is 24.3 Å². The smallest absolute Gasteiger partial charge is 0.301 e. The van der Waals surface area contributed by atoms with Gasteiger partial charge in [0.1, 0.15) is 17.3 Å². The number of ketones is 1. The van der Waals surface area contributed by atoms with E-state index in [-0.39, 0.29) is 16.5 Å². The van der Waals surface area contributed by atoms with E-state index < -0.39 is 23.5 Å². The van der Waals surface area contributed by atoms with Crippen molar-refractivity contribution in [2.24, 2.45) is 0 Å². The number of carbonyl (C=O) groups is 2. The maximum absolute atomic E-state index is 13.8. The zero-order valence-electron chi connectivity index (χ0n) is 19.0. The maximum Gasteiger partial charge on any atom is 0.301 e. The molecule has 1 unspecified atom stereocenters. The highest BCUT2D eigenvalue weighted by Gasteiger charge is 2.48. The Morgan fingerprint density at radius 1 is 1.11 bits per heavy atom. The van der Waals surface area contributed by atoms with Crippen molar-refractivity contribution in [1.29, 1.82) is 0 Å². The number of benzene rings is 3. The fourth-order valence-corrected chi connectivity index (χ4v) is 5.21. The minimum atomic E-state index is -0.905. The van der Waals surface area contributed by atoms with Crippen LogP contribution in [0.3, 0.4) is 0 Å². The van der Waals surface area contributed by atoms with E-state index in [1.807, 2.05) is 31.2 Å². The highest BCUT2D eigenvalue weighted by molar-refractivity contribution is 7.22. The van der Waals surface area contributed by atoms with Crippen LogP contribution in [0, 0.1) is 5.82 Å². The number of ether oxygens (including phenoxy) is 1. The first-order chi connectivity index (χ1) is 16.9. The third-order valence-electron chi connectivity index (χ3n) is 6.04. The molecule has 1 aliphatic rings. The minimum absolute atomic E-state index is 0.0436. The van der Waals surface area contributed by atoms with Crippen molar-refractivity contribution in [2.45, 2.75) is 19.4 Å². The average Bonchev–Trinajstić information content (AvgIpc) is 3.41. The Labute approximate surface area is 204 Å². The molecule has 8 heteroatoms. The number of hydrogen-bond donors (Lipinski definition) is 1. The van der Waals surface area contributed by atoms with Gasteiger partial charge in [0, 0.05) is 5.56 Å². The molecule has 1 atom stereocenters. The number of anilines is 1. The highest BCUT2D eigenvalue weighted by atomic mass is 32.1. The van der Waals surface area contributed by atoms with Crippen molar-refractivity contribution < 1.29 is 23.8 Å². The highest BCUT2D eigenvalue weighted by Crippen LogP contribution is 2.44. The number of aliphatic hydroxyl groups excluding tert-OH is 1. The van der Waals surface area contributed by atoms with Gasteiger partial charge in [0.2, 0.25) is 0 Å². The molecular formula is C27H21FN2O4S. The van der Waals surface area contributed by atoms with Gasteiger partial charge in [-0.1, -0.05) is 54.7 Å². The number of Topliss-reactive ketones (excluding diaryl/α,β-unsaturated/α-hetero) is 1. The molecule has 1 fully saturated rings. The second-order valence-electron chi connectivity index (χ2n) is 8.10. The normalized spacial score (nSPS) is 17.3. The number of thiazole rings is 1. The summed E-state index contributed by atoms with van der Waals surface area (Å²) in [5, 5.41) is 11.5. The fourth-order valence-electron chi connectivity index (χ4n) is 4.20. The fraction of sp³-hybridized carbons (Fsp3) is 0.148. The van der Waals surface area contributed by atoms with E-state index in [9.17, 15) is 19.1 Å². The van der Waals surface area contributed by atoms with Crippen molar-refractivity contribution in [1.82, 2.24) is 4.98 Å². The molecule has 0 radical (unpaired) electrons. The van der Waals surface area contributed by atoms with Crippen LogP contribution in [0.5, 0.6) is 5.75 Å². The quantitative estimate of drug-likeness (QED) is 0.224.